The van der Waals surface area contributed by atoms with Crippen molar-refractivity contribution in [3.63, 3.8) is 0 Å². The van der Waals surface area contributed by atoms with Crippen molar-refractivity contribution in [2.75, 3.05) is 25.0 Å². The lowest BCUT2D eigenvalue weighted by Crippen LogP contribution is -2.30. The van der Waals surface area contributed by atoms with Crippen molar-refractivity contribution < 1.29 is 13.9 Å². The summed E-state index contributed by atoms with van der Waals surface area (Å²) in [5, 5.41) is 2.80. The van der Waals surface area contributed by atoms with Gasteiger partial charge in [0.15, 0.2) is 0 Å². The van der Waals surface area contributed by atoms with Crippen molar-refractivity contribution in [3.8, 4) is 0 Å². The van der Waals surface area contributed by atoms with Crippen LogP contribution in [0.4, 0.5) is 10.1 Å². The van der Waals surface area contributed by atoms with Gasteiger partial charge in [-0.15, -0.1) is 0 Å². The Labute approximate surface area is 194 Å². The molecule has 33 heavy (non-hydrogen) atoms. The van der Waals surface area contributed by atoms with E-state index in [-0.39, 0.29) is 11.7 Å². The molecule has 1 fully saturated rings. The Morgan fingerprint density at radius 2 is 1.97 bits per heavy atom. The van der Waals surface area contributed by atoms with Crippen LogP contribution in [0, 0.1) is 5.82 Å². The van der Waals surface area contributed by atoms with E-state index >= 15 is 0 Å². The van der Waals surface area contributed by atoms with Crippen LogP contribution in [0.25, 0.3) is 11.1 Å². The molecule has 1 aromatic heterocycles. The predicted octanol–water partition coefficient (Wildman–Crippen LogP) is 5.19. The minimum Gasteiger partial charge on any atom is -0.482 e. The number of anilines is 1. The number of ether oxygens (including phenoxy) is 1. The van der Waals surface area contributed by atoms with Crippen molar-refractivity contribution in [2.24, 2.45) is 0 Å². The number of rotatable bonds is 5. The van der Waals surface area contributed by atoms with Gasteiger partial charge in [-0.2, -0.15) is 0 Å². The van der Waals surface area contributed by atoms with Crippen molar-refractivity contribution >= 4 is 22.7 Å². The molecule has 3 aliphatic heterocycles. The fourth-order valence-corrected chi connectivity index (χ4v) is 5.00. The van der Waals surface area contributed by atoms with Crippen LogP contribution in [-0.4, -0.2) is 41.0 Å². The number of nitrogens with zero attached hydrogens (tertiary/aromatic N) is 2. The van der Waals surface area contributed by atoms with Crippen LogP contribution in [0.15, 0.2) is 48.4 Å². The number of amides is 1. The standard InChI is InChI=1S/C27H30FN3O2/c1-27(2)22(16-24(33-27)25-21-15-19(28)9-11-23(21)30-26(25)32)18-8-10-20(29-17-18)7-6-14-31-12-4-3-5-13-31/h8-11,15-17H,3-7,12-14H2,1-2H3,(H,30,32)/b25-24+. The first-order valence-corrected chi connectivity index (χ1v) is 11.9. The van der Waals surface area contributed by atoms with Gasteiger partial charge in [0, 0.05) is 34.3 Å². The monoisotopic (exact) mass is 447 g/mol. The van der Waals surface area contributed by atoms with Gasteiger partial charge in [-0.25, -0.2) is 4.39 Å². The molecule has 4 heterocycles. The van der Waals surface area contributed by atoms with Crippen LogP contribution < -0.4 is 5.32 Å². The number of hydrogen-bond donors (Lipinski definition) is 1. The summed E-state index contributed by atoms with van der Waals surface area (Å²) in [6.07, 6.45) is 9.87. The molecule has 1 aromatic carbocycles. The Balaban J connectivity index is 1.35. The Hall–Kier alpha value is -2.99. The number of fused-ring (bicyclic) bond motifs is 1. The van der Waals surface area contributed by atoms with Gasteiger partial charge < -0.3 is 15.0 Å². The highest BCUT2D eigenvalue weighted by Crippen LogP contribution is 2.44. The first kappa shape index (κ1) is 21.8. The Morgan fingerprint density at radius 3 is 2.73 bits per heavy atom. The average Bonchev–Trinajstić information content (AvgIpc) is 3.29. The smallest absolute Gasteiger partial charge is 0.260 e. The maximum atomic E-state index is 13.8. The Morgan fingerprint density at radius 1 is 1.15 bits per heavy atom. The molecule has 1 N–H and O–H groups in total. The molecule has 2 aromatic rings. The number of hydrogen-bond acceptors (Lipinski definition) is 4. The number of carbonyl (C=O) groups excluding carboxylic acids is 1. The molecule has 0 radical (unpaired) electrons. The van der Waals surface area contributed by atoms with Gasteiger partial charge in [0.05, 0.1) is 5.57 Å². The van der Waals surface area contributed by atoms with Crippen molar-refractivity contribution in [1.82, 2.24) is 9.88 Å². The van der Waals surface area contributed by atoms with E-state index in [0.717, 1.165) is 36.2 Å². The number of carbonyl (C=O) groups is 1. The Kier molecular flexibility index (Phi) is 5.79. The molecule has 0 bridgehead atoms. The molecule has 172 valence electrons. The molecule has 1 amide bonds. The van der Waals surface area contributed by atoms with Crippen molar-refractivity contribution in [1.29, 1.82) is 0 Å². The van der Waals surface area contributed by atoms with Gasteiger partial charge in [0.25, 0.3) is 5.91 Å². The summed E-state index contributed by atoms with van der Waals surface area (Å²) in [6.45, 7) is 7.53. The van der Waals surface area contributed by atoms with E-state index in [1.165, 1.54) is 44.5 Å². The first-order valence-electron chi connectivity index (χ1n) is 11.9. The lowest BCUT2D eigenvalue weighted by molar-refractivity contribution is -0.111. The largest absolute Gasteiger partial charge is 0.482 e. The van der Waals surface area contributed by atoms with Crippen LogP contribution in [0.2, 0.25) is 0 Å². The lowest BCUT2D eigenvalue weighted by Gasteiger charge is -2.26. The molecule has 5 rings (SSSR count). The van der Waals surface area contributed by atoms with Gasteiger partial charge in [0.1, 0.15) is 17.2 Å². The molecule has 0 atom stereocenters. The van der Waals surface area contributed by atoms with E-state index in [9.17, 15) is 9.18 Å². The number of nitrogens with one attached hydrogen (secondary N) is 1. The summed E-state index contributed by atoms with van der Waals surface area (Å²) >= 11 is 0. The van der Waals surface area contributed by atoms with E-state index in [1.807, 2.05) is 26.1 Å². The van der Waals surface area contributed by atoms with Gasteiger partial charge >= 0.3 is 0 Å². The summed E-state index contributed by atoms with van der Waals surface area (Å²) in [5.74, 6) is -0.201. The van der Waals surface area contributed by atoms with E-state index in [2.05, 4.69) is 22.3 Å². The molecular weight excluding hydrogens is 417 g/mol. The zero-order valence-corrected chi connectivity index (χ0v) is 19.3. The maximum Gasteiger partial charge on any atom is 0.260 e. The molecule has 1 saturated heterocycles. The number of pyridine rings is 1. The number of halogens is 1. The minimum absolute atomic E-state index is 0.277. The first-order chi connectivity index (χ1) is 15.9. The van der Waals surface area contributed by atoms with Gasteiger partial charge in [-0.1, -0.05) is 12.5 Å². The van der Waals surface area contributed by atoms with Crippen LogP contribution in [-0.2, 0) is 16.0 Å². The second kappa shape index (κ2) is 8.75. The van der Waals surface area contributed by atoms with Crippen LogP contribution in [0.3, 0.4) is 0 Å². The SMILES string of the molecule is CC1(C)O/C(=C2/C(=O)Nc3ccc(F)cc32)C=C1c1ccc(CCCN2CCCCC2)nc1. The maximum absolute atomic E-state index is 13.8. The Bertz CT molecular complexity index is 1130. The average molecular weight is 448 g/mol. The molecule has 3 aliphatic rings. The number of benzene rings is 1. The molecule has 0 saturated carbocycles. The minimum atomic E-state index is -0.629. The van der Waals surface area contributed by atoms with Crippen molar-refractivity contribution in [3.05, 3.63) is 71.0 Å². The van der Waals surface area contributed by atoms with Gasteiger partial charge in [-0.3, -0.25) is 9.78 Å². The quantitative estimate of drug-likeness (QED) is 0.641. The molecule has 0 aliphatic carbocycles. The highest BCUT2D eigenvalue weighted by Gasteiger charge is 2.38. The predicted molar refractivity (Wildman–Crippen MR) is 128 cm³/mol. The second-order valence-electron chi connectivity index (χ2n) is 9.60. The highest BCUT2D eigenvalue weighted by molar-refractivity contribution is 6.32. The van der Waals surface area contributed by atoms with E-state index in [4.69, 9.17) is 9.72 Å². The van der Waals surface area contributed by atoms with E-state index in [0.29, 0.717) is 22.6 Å². The number of aryl methyl sites for hydroxylation is 1. The zero-order valence-electron chi connectivity index (χ0n) is 19.3. The third-order valence-electron chi connectivity index (χ3n) is 6.75. The number of aromatic nitrogens is 1. The van der Waals surface area contributed by atoms with Crippen LogP contribution >= 0.6 is 0 Å². The van der Waals surface area contributed by atoms with Gasteiger partial charge in [0.2, 0.25) is 0 Å². The normalized spacial score (nSPS) is 22.0. The summed E-state index contributed by atoms with van der Waals surface area (Å²) < 4.78 is 20.0. The topological polar surface area (TPSA) is 54.5 Å². The number of likely N-dealkylation sites (tertiary alicyclic amines) is 1. The highest BCUT2D eigenvalue weighted by atomic mass is 19.1. The molecular formula is C27H30FN3O2. The summed E-state index contributed by atoms with van der Waals surface area (Å²) in [5.41, 5.74) is 3.88. The molecule has 0 spiro atoms. The molecule has 5 nitrogen and oxygen atoms in total. The lowest BCUT2D eigenvalue weighted by atomic mass is 9.93. The van der Waals surface area contributed by atoms with E-state index in [1.54, 1.807) is 6.07 Å². The van der Waals surface area contributed by atoms with E-state index < -0.39 is 5.60 Å². The summed E-state index contributed by atoms with van der Waals surface area (Å²) in [4.78, 5) is 19.9. The molecule has 6 heteroatoms. The summed E-state index contributed by atoms with van der Waals surface area (Å²) in [6, 6.07) is 8.45. The number of allylic oxidation sites excluding steroid dienone is 1. The summed E-state index contributed by atoms with van der Waals surface area (Å²) in [7, 11) is 0. The third kappa shape index (κ3) is 4.44. The second-order valence-corrected chi connectivity index (χ2v) is 9.60. The van der Waals surface area contributed by atoms with Crippen LogP contribution in [0.5, 0.6) is 0 Å². The molecule has 0 unspecified atom stereocenters. The van der Waals surface area contributed by atoms with Crippen LogP contribution in [0.1, 0.15) is 56.4 Å². The fourth-order valence-electron chi connectivity index (χ4n) is 5.00. The number of piperidine rings is 1. The fraction of sp³-hybridized carbons (Fsp3) is 0.407. The third-order valence-corrected chi connectivity index (χ3v) is 6.75. The van der Waals surface area contributed by atoms with Gasteiger partial charge in [-0.05, 0) is 89.5 Å². The zero-order chi connectivity index (χ0) is 23.0. The van der Waals surface area contributed by atoms with Crippen molar-refractivity contribution in [2.45, 2.75) is 51.6 Å².